The van der Waals surface area contributed by atoms with Crippen LogP contribution in [-0.4, -0.2) is 35.5 Å². The van der Waals surface area contributed by atoms with Crippen molar-refractivity contribution in [3.63, 3.8) is 0 Å². The van der Waals surface area contributed by atoms with E-state index in [0.29, 0.717) is 0 Å². The molecule has 0 N–H and O–H groups in total. The number of esters is 2. The zero-order valence-corrected chi connectivity index (χ0v) is 13.7. The number of carbonyl (C=O) groups excluding carboxylic acids is 3. The van der Waals surface area contributed by atoms with E-state index in [-0.39, 0.29) is 6.54 Å². The van der Waals surface area contributed by atoms with E-state index in [1.165, 1.54) is 13.3 Å². The molecule has 0 saturated carbocycles. The van der Waals surface area contributed by atoms with Crippen LogP contribution in [0.4, 0.5) is 0 Å². The minimum atomic E-state index is -0.983. The highest BCUT2D eigenvalue weighted by Gasteiger charge is 2.27. The summed E-state index contributed by atoms with van der Waals surface area (Å²) in [5.74, 6) is -2.47. The minimum Gasteiger partial charge on any atom is -0.466 e. The van der Waals surface area contributed by atoms with Crippen LogP contribution < -0.4 is 0 Å². The lowest BCUT2D eigenvalue weighted by molar-refractivity contribution is -0.167. The van der Waals surface area contributed by atoms with Crippen molar-refractivity contribution in [2.75, 3.05) is 7.11 Å². The van der Waals surface area contributed by atoms with Crippen LogP contribution in [0.2, 0.25) is 0 Å². The van der Waals surface area contributed by atoms with E-state index < -0.39 is 23.4 Å². The van der Waals surface area contributed by atoms with Crippen LogP contribution in [0.15, 0.2) is 42.6 Å². The molecule has 23 heavy (non-hydrogen) atoms. The van der Waals surface area contributed by atoms with Gasteiger partial charge in [0.1, 0.15) is 5.60 Å². The van der Waals surface area contributed by atoms with Gasteiger partial charge in [-0.2, -0.15) is 0 Å². The molecule has 0 aliphatic carbocycles. The molecule has 0 spiro atoms. The zero-order valence-electron chi connectivity index (χ0n) is 13.7. The second kappa shape index (κ2) is 8.12. The van der Waals surface area contributed by atoms with E-state index in [2.05, 4.69) is 4.74 Å². The van der Waals surface area contributed by atoms with Gasteiger partial charge in [-0.25, -0.2) is 9.59 Å². The van der Waals surface area contributed by atoms with Crippen LogP contribution in [0.25, 0.3) is 0 Å². The maximum Gasteiger partial charge on any atom is 0.397 e. The Hall–Kier alpha value is -2.63. The Morgan fingerprint density at radius 1 is 1.13 bits per heavy atom. The van der Waals surface area contributed by atoms with Crippen LogP contribution in [0.1, 0.15) is 26.3 Å². The van der Waals surface area contributed by atoms with Gasteiger partial charge in [0.15, 0.2) is 0 Å². The summed E-state index contributed by atoms with van der Waals surface area (Å²) in [7, 11) is 1.23. The third-order valence-corrected chi connectivity index (χ3v) is 2.62. The van der Waals surface area contributed by atoms with E-state index in [1.54, 1.807) is 32.9 Å². The normalized spacial score (nSPS) is 11.1. The fourth-order valence-corrected chi connectivity index (χ4v) is 1.63. The van der Waals surface area contributed by atoms with Crippen molar-refractivity contribution >= 4 is 17.8 Å². The highest BCUT2D eigenvalue weighted by atomic mass is 16.6. The lowest BCUT2D eigenvalue weighted by Crippen LogP contribution is -2.37. The number of hydrogen-bond donors (Lipinski definition) is 0. The molecule has 1 aromatic carbocycles. The number of methoxy groups -OCH3 is 1. The molecule has 0 aliphatic rings. The Balaban J connectivity index is 2.94. The molecule has 6 heteroatoms. The number of rotatable bonds is 4. The summed E-state index contributed by atoms with van der Waals surface area (Å²) in [5.41, 5.74) is 0.0240. The number of hydrogen-bond acceptors (Lipinski definition) is 5. The first-order chi connectivity index (χ1) is 10.7. The first-order valence-corrected chi connectivity index (χ1v) is 7.07. The lowest BCUT2D eigenvalue weighted by Gasteiger charge is -2.22. The van der Waals surface area contributed by atoms with E-state index in [0.717, 1.165) is 16.5 Å². The van der Waals surface area contributed by atoms with Crippen LogP contribution in [0.3, 0.4) is 0 Å². The maximum absolute atomic E-state index is 12.3. The molecule has 0 saturated heterocycles. The second-order valence-electron chi connectivity index (χ2n) is 5.76. The summed E-state index contributed by atoms with van der Waals surface area (Å²) < 4.78 is 9.56. The Morgan fingerprint density at radius 2 is 1.74 bits per heavy atom. The number of carbonyl (C=O) groups is 3. The van der Waals surface area contributed by atoms with Crippen molar-refractivity contribution < 1.29 is 23.9 Å². The quantitative estimate of drug-likeness (QED) is 0.482. The summed E-state index contributed by atoms with van der Waals surface area (Å²) in [4.78, 5) is 36.6. The molecule has 0 heterocycles. The van der Waals surface area contributed by atoms with E-state index >= 15 is 0 Å². The molecule has 1 rings (SSSR count). The largest absolute Gasteiger partial charge is 0.466 e. The number of benzene rings is 1. The molecule has 1 aromatic rings. The topological polar surface area (TPSA) is 72.9 Å². The predicted molar refractivity (Wildman–Crippen MR) is 84.0 cm³/mol. The van der Waals surface area contributed by atoms with Crippen LogP contribution in [-0.2, 0) is 30.4 Å². The van der Waals surface area contributed by atoms with Gasteiger partial charge in [-0.15, -0.1) is 0 Å². The molecule has 0 bridgehead atoms. The molecule has 124 valence electrons. The van der Waals surface area contributed by atoms with Crippen molar-refractivity contribution in [1.82, 2.24) is 4.90 Å². The monoisotopic (exact) mass is 319 g/mol. The standard InChI is InChI=1S/C17H21NO5/c1-17(2,3)23-16(21)15(20)18(11-10-14(19)22-4)12-13-8-6-5-7-9-13/h5-11H,12H2,1-4H3/b11-10-. The molecule has 1 amide bonds. The highest BCUT2D eigenvalue weighted by Crippen LogP contribution is 2.11. The van der Waals surface area contributed by atoms with Gasteiger partial charge in [-0.3, -0.25) is 4.79 Å². The maximum atomic E-state index is 12.3. The first kappa shape index (κ1) is 18.4. The summed E-state index contributed by atoms with van der Waals surface area (Å²) in [6, 6.07) is 9.08. The zero-order chi connectivity index (χ0) is 17.5. The predicted octanol–water partition coefficient (Wildman–Crippen LogP) is 2.04. The van der Waals surface area contributed by atoms with Crippen molar-refractivity contribution in [1.29, 1.82) is 0 Å². The van der Waals surface area contributed by atoms with E-state index in [9.17, 15) is 14.4 Å². The first-order valence-electron chi connectivity index (χ1n) is 7.07. The van der Waals surface area contributed by atoms with E-state index in [4.69, 9.17) is 4.74 Å². The summed E-state index contributed by atoms with van der Waals surface area (Å²) in [5, 5.41) is 0. The average Bonchev–Trinajstić information content (AvgIpc) is 2.49. The smallest absolute Gasteiger partial charge is 0.397 e. The molecular weight excluding hydrogens is 298 g/mol. The molecule has 0 fully saturated rings. The van der Waals surface area contributed by atoms with Gasteiger partial charge in [0.05, 0.1) is 13.7 Å². The Labute approximate surface area is 135 Å². The lowest BCUT2D eigenvalue weighted by atomic mass is 10.2. The second-order valence-corrected chi connectivity index (χ2v) is 5.76. The third-order valence-electron chi connectivity index (χ3n) is 2.62. The Bertz CT molecular complexity index is 587. The summed E-state index contributed by atoms with van der Waals surface area (Å²) >= 11 is 0. The molecule has 0 aromatic heterocycles. The average molecular weight is 319 g/mol. The Kier molecular flexibility index (Phi) is 6.50. The molecular formula is C17H21NO5. The third kappa shape index (κ3) is 6.78. The summed E-state index contributed by atoms with van der Waals surface area (Å²) in [6.07, 6.45) is 2.29. The fourth-order valence-electron chi connectivity index (χ4n) is 1.63. The van der Waals surface area contributed by atoms with Crippen molar-refractivity contribution in [2.24, 2.45) is 0 Å². The van der Waals surface area contributed by atoms with Crippen molar-refractivity contribution in [3.05, 3.63) is 48.2 Å². The number of nitrogens with zero attached hydrogens (tertiary/aromatic N) is 1. The van der Waals surface area contributed by atoms with Gasteiger partial charge < -0.3 is 14.4 Å². The SMILES string of the molecule is COC(=O)/C=C\N(Cc1ccccc1)C(=O)C(=O)OC(C)(C)C. The van der Waals surface area contributed by atoms with Gasteiger partial charge in [-0.1, -0.05) is 30.3 Å². The fraction of sp³-hybridized carbons (Fsp3) is 0.353. The molecule has 0 aliphatic heterocycles. The minimum absolute atomic E-state index is 0.131. The number of amides is 1. The molecule has 0 radical (unpaired) electrons. The van der Waals surface area contributed by atoms with Crippen LogP contribution in [0.5, 0.6) is 0 Å². The van der Waals surface area contributed by atoms with Gasteiger partial charge >= 0.3 is 17.8 Å². The molecule has 0 atom stereocenters. The van der Waals surface area contributed by atoms with Gasteiger partial charge in [-0.05, 0) is 26.3 Å². The van der Waals surface area contributed by atoms with Gasteiger partial charge in [0.2, 0.25) is 0 Å². The number of ether oxygens (including phenoxy) is 2. The van der Waals surface area contributed by atoms with Gasteiger partial charge in [0.25, 0.3) is 0 Å². The Morgan fingerprint density at radius 3 is 2.26 bits per heavy atom. The van der Waals surface area contributed by atoms with Crippen molar-refractivity contribution in [3.8, 4) is 0 Å². The highest BCUT2D eigenvalue weighted by molar-refractivity contribution is 6.32. The molecule has 6 nitrogen and oxygen atoms in total. The van der Waals surface area contributed by atoms with Gasteiger partial charge in [0, 0.05) is 12.3 Å². The van der Waals surface area contributed by atoms with Crippen molar-refractivity contribution in [2.45, 2.75) is 32.9 Å². The van der Waals surface area contributed by atoms with Crippen LogP contribution in [0, 0.1) is 0 Å². The van der Waals surface area contributed by atoms with E-state index in [1.807, 2.05) is 18.2 Å². The van der Waals surface area contributed by atoms with Crippen LogP contribution >= 0.6 is 0 Å². The summed E-state index contributed by atoms with van der Waals surface area (Å²) in [6.45, 7) is 5.14. The molecule has 0 unspecified atom stereocenters.